The third-order valence-electron chi connectivity index (χ3n) is 4.38. The van der Waals surface area contributed by atoms with Crippen LogP contribution in [-0.4, -0.2) is 24.0 Å². The van der Waals surface area contributed by atoms with Gasteiger partial charge in [0.2, 0.25) is 5.91 Å². The maximum absolute atomic E-state index is 12.1. The molecule has 0 saturated heterocycles. The van der Waals surface area contributed by atoms with Crippen LogP contribution in [0.5, 0.6) is 0 Å². The molecule has 1 amide bonds. The second-order valence-corrected chi connectivity index (χ2v) is 6.85. The summed E-state index contributed by atoms with van der Waals surface area (Å²) in [6.07, 6.45) is 6.19. The van der Waals surface area contributed by atoms with Gasteiger partial charge < -0.3 is 10.6 Å². The van der Waals surface area contributed by atoms with Crippen LogP contribution in [0.15, 0.2) is 0 Å². The zero-order chi connectivity index (χ0) is 13.8. The minimum absolute atomic E-state index is 0.103. The van der Waals surface area contributed by atoms with E-state index in [0.29, 0.717) is 5.41 Å². The molecule has 1 atom stereocenters. The van der Waals surface area contributed by atoms with Crippen LogP contribution in [0.4, 0.5) is 0 Å². The summed E-state index contributed by atoms with van der Waals surface area (Å²) in [6, 6.07) is -0.103. The summed E-state index contributed by atoms with van der Waals surface area (Å²) in [5, 5.41) is 6.49. The number of nitrogens with one attached hydrogen (secondary N) is 2. The molecular weight excluding hydrogens is 224 g/mol. The third-order valence-corrected chi connectivity index (χ3v) is 4.38. The maximum Gasteiger partial charge on any atom is 0.237 e. The van der Waals surface area contributed by atoms with Crippen molar-refractivity contribution >= 4 is 5.91 Å². The first-order chi connectivity index (χ1) is 8.28. The minimum Gasteiger partial charge on any atom is -0.350 e. The number of carbonyl (C=O) groups excluding carboxylic acids is 1. The molecular formula is C15H30N2O. The Hall–Kier alpha value is -0.570. The summed E-state index contributed by atoms with van der Waals surface area (Å²) < 4.78 is 0. The molecule has 0 aliphatic heterocycles. The summed E-state index contributed by atoms with van der Waals surface area (Å²) in [4.78, 5) is 12.1. The number of hydrogen-bond acceptors (Lipinski definition) is 2. The first kappa shape index (κ1) is 15.5. The lowest BCUT2D eigenvalue weighted by molar-refractivity contribution is -0.124. The van der Waals surface area contributed by atoms with Crippen molar-refractivity contribution in [1.29, 1.82) is 0 Å². The summed E-state index contributed by atoms with van der Waals surface area (Å²) in [6.45, 7) is 11.5. The topological polar surface area (TPSA) is 41.1 Å². The van der Waals surface area contributed by atoms with Crippen molar-refractivity contribution in [3.63, 3.8) is 0 Å². The smallest absolute Gasteiger partial charge is 0.237 e. The molecule has 1 rings (SSSR count). The van der Waals surface area contributed by atoms with Gasteiger partial charge in [-0.15, -0.1) is 0 Å². The molecule has 3 heteroatoms. The number of carbonyl (C=O) groups is 1. The molecule has 18 heavy (non-hydrogen) atoms. The Morgan fingerprint density at radius 3 is 2.39 bits per heavy atom. The molecule has 2 N–H and O–H groups in total. The number of amides is 1. The molecule has 0 bridgehead atoms. The monoisotopic (exact) mass is 254 g/mol. The van der Waals surface area contributed by atoms with Crippen LogP contribution in [0.2, 0.25) is 0 Å². The Balaban J connectivity index is 2.36. The predicted octanol–water partition coefficient (Wildman–Crippen LogP) is 2.85. The van der Waals surface area contributed by atoms with Crippen LogP contribution >= 0.6 is 0 Å². The zero-order valence-corrected chi connectivity index (χ0v) is 12.7. The van der Waals surface area contributed by atoms with Gasteiger partial charge in [-0.2, -0.15) is 0 Å². The minimum atomic E-state index is -0.107. The molecule has 0 heterocycles. The Labute approximate surface area is 112 Å². The summed E-state index contributed by atoms with van der Waals surface area (Å²) >= 11 is 0. The summed E-state index contributed by atoms with van der Waals surface area (Å²) in [7, 11) is 0. The lowest BCUT2D eigenvalue weighted by Crippen LogP contribution is -2.51. The Morgan fingerprint density at radius 2 is 1.89 bits per heavy atom. The van der Waals surface area contributed by atoms with Gasteiger partial charge in [0.05, 0.1) is 6.04 Å². The van der Waals surface area contributed by atoms with Gasteiger partial charge in [-0.3, -0.25) is 4.79 Å². The highest BCUT2D eigenvalue weighted by molar-refractivity contribution is 5.81. The van der Waals surface area contributed by atoms with E-state index in [9.17, 15) is 4.79 Å². The van der Waals surface area contributed by atoms with Gasteiger partial charge in [0.25, 0.3) is 0 Å². The van der Waals surface area contributed by atoms with Crippen molar-refractivity contribution in [3.8, 4) is 0 Å². The molecule has 1 aliphatic rings. The lowest BCUT2D eigenvalue weighted by atomic mass is 9.88. The summed E-state index contributed by atoms with van der Waals surface area (Å²) in [5.41, 5.74) is 0.291. The SMILES string of the molecule is CCC(C)(C)NC(=O)C(C)NCC1(C)CCCC1. The fraction of sp³-hybridized carbons (Fsp3) is 0.933. The van der Waals surface area contributed by atoms with Crippen molar-refractivity contribution in [2.75, 3.05) is 6.54 Å². The molecule has 1 fully saturated rings. The summed E-state index contributed by atoms with van der Waals surface area (Å²) in [5.74, 6) is 0.114. The average molecular weight is 254 g/mol. The highest BCUT2D eigenvalue weighted by Crippen LogP contribution is 2.36. The fourth-order valence-electron chi connectivity index (χ4n) is 2.43. The van der Waals surface area contributed by atoms with Gasteiger partial charge in [0.1, 0.15) is 0 Å². The van der Waals surface area contributed by atoms with Gasteiger partial charge >= 0.3 is 0 Å². The van der Waals surface area contributed by atoms with Crippen LogP contribution in [-0.2, 0) is 4.79 Å². The second kappa shape index (κ2) is 6.05. The number of hydrogen-bond donors (Lipinski definition) is 2. The van der Waals surface area contributed by atoms with Crippen LogP contribution in [0.25, 0.3) is 0 Å². The molecule has 0 radical (unpaired) electrons. The molecule has 106 valence electrons. The fourth-order valence-corrected chi connectivity index (χ4v) is 2.43. The van der Waals surface area contributed by atoms with Crippen LogP contribution in [0.3, 0.4) is 0 Å². The maximum atomic E-state index is 12.1. The molecule has 0 aromatic rings. The molecule has 3 nitrogen and oxygen atoms in total. The van der Waals surface area contributed by atoms with Gasteiger partial charge in [-0.1, -0.05) is 26.7 Å². The van der Waals surface area contributed by atoms with E-state index in [1.807, 2.05) is 6.92 Å². The van der Waals surface area contributed by atoms with Crippen LogP contribution in [0.1, 0.15) is 66.7 Å². The first-order valence-electron chi connectivity index (χ1n) is 7.33. The third kappa shape index (κ3) is 4.60. The average Bonchev–Trinajstić information content (AvgIpc) is 2.73. The molecule has 1 aliphatic carbocycles. The van der Waals surface area contributed by atoms with Gasteiger partial charge in [-0.25, -0.2) is 0 Å². The Kier molecular flexibility index (Phi) is 5.20. The van der Waals surface area contributed by atoms with Crippen molar-refractivity contribution in [2.24, 2.45) is 5.41 Å². The van der Waals surface area contributed by atoms with Crippen molar-refractivity contribution in [2.45, 2.75) is 78.3 Å². The van der Waals surface area contributed by atoms with E-state index in [2.05, 4.69) is 38.3 Å². The highest BCUT2D eigenvalue weighted by Gasteiger charge is 2.30. The molecule has 1 saturated carbocycles. The molecule has 0 aromatic heterocycles. The van der Waals surface area contributed by atoms with E-state index in [-0.39, 0.29) is 17.5 Å². The normalized spacial score (nSPS) is 20.7. The second-order valence-electron chi connectivity index (χ2n) is 6.85. The Morgan fingerprint density at radius 1 is 1.33 bits per heavy atom. The van der Waals surface area contributed by atoms with Gasteiger partial charge in [0.15, 0.2) is 0 Å². The van der Waals surface area contributed by atoms with Crippen LogP contribution < -0.4 is 10.6 Å². The van der Waals surface area contributed by atoms with E-state index in [0.717, 1.165) is 13.0 Å². The van der Waals surface area contributed by atoms with E-state index in [4.69, 9.17) is 0 Å². The van der Waals surface area contributed by atoms with E-state index in [1.54, 1.807) is 0 Å². The van der Waals surface area contributed by atoms with Crippen molar-refractivity contribution < 1.29 is 4.79 Å². The number of rotatable bonds is 6. The van der Waals surface area contributed by atoms with Crippen LogP contribution in [0, 0.1) is 5.41 Å². The predicted molar refractivity (Wildman–Crippen MR) is 76.6 cm³/mol. The van der Waals surface area contributed by atoms with Gasteiger partial charge in [-0.05, 0) is 45.4 Å². The van der Waals surface area contributed by atoms with E-state index >= 15 is 0 Å². The molecule has 1 unspecified atom stereocenters. The Bertz CT molecular complexity index is 280. The van der Waals surface area contributed by atoms with Crippen molar-refractivity contribution in [3.05, 3.63) is 0 Å². The largest absolute Gasteiger partial charge is 0.350 e. The molecule has 0 spiro atoms. The van der Waals surface area contributed by atoms with Gasteiger partial charge in [0, 0.05) is 12.1 Å². The first-order valence-corrected chi connectivity index (χ1v) is 7.33. The quantitative estimate of drug-likeness (QED) is 0.765. The highest BCUT2D eigenvalue weighted by atomic mass is 16.2. The van der Waals surface area contributed by atoms with E-state index in [1.165, 1.54) is 25.7 Å². The molecule has 0 aromatic carbocycles. The van der Waals surface area contributed by atoms with Crippen molar-refractivity contribution in [1.82, 2.24) is 10.6 Å². The van der Waals surface area contributed by atoms with E-state index < -0.39 is 0 Å². The zero-order valence-electron chi connectivity index (χ0n) is 12.7. The standard InChI is InChI=1S/C15H30N2O/c1-6-14(3,4)17-13(18)12(2)16-11-15(5)9-7-8-10-15/h12,16H,6-11H2,1-5H3,(H,17,18). The lowest BCUT2D eigenvalue weighted by Gasteiger charge is -2.29.